The molecule has 0 amide bonds. The van der Waals surface area contributed by atoms with Crippen molar-refractivity contribution in [2.24, 2.45) is 0 Å². The number of rotatable bonds is 11. The molecule has 1 saturated carbocycles. The van der Waals surface area contributed by atoms with Crippen molar-refractivity contribution in [3.05, 3.63) is 60.6 Å². The van der Waals surface area contributed by atoms with Gasteiger partial charge in [-0.15, -0.1) is 0 Å². The molecule has 1 atom stereocenters. The summed E-state index contributed by atoms with van der Waals surface area (Å²) >= 11 is 1.48. The maximum Gasteiger partial charge on any atom is 0.229 e. The van der Waals surface area contributed by atoms with Gasteiger partial charge in [-0.3, -0.25) is 14.7 Å². The third-order valence-electron chi connectivity index (χ3n) is 7.94. The topological polar surface area (TPSA) is 103 Å². The van der Waals surface area contributed by atoms with Crippen LogP contribution in [0.15, 0.2) is 54.3 Å². The largest absolute Gasteiger partial charge is 0.494 e. The monoisotopic (exact) mass is 583 g/mol. The predicted octanol–water partition coefficient (Wildman–Crippen LogP) is 5.80. The first kappa shape index (κ1) is 28.2. The van der Waals surface area contributed by atoms with Crippen molar-refractivity contribution in [2.75, 3.05) is 56.9 Å². The standard InChI is InChI=1S/C31H37N9OS/c1-6-19-17-35-31(38-30(19)36-24-10-9-23-28(29(24)42-32-2)34-13-12-33-23)37-25-15-22(20-7-8-20)26(16-27(25)41-5)40-14-11-21(18-40)39(3)4/h6,9-10,12-13,15-17,20-21,32H,1,7-8,11,14,18H2,2-5H3,(H2,35,36,37,38). The Bertz CT molecular complexity index is 1610. The van der Waals surface area contributed by atoms with Gasteiger partial charge in [0.1, 0.15) is 17.1 Å². The Morgan fingerprint density at radius 2 is 1.90 bits per heavy atom. The number of ether oxygens (including phenoxy) is 1. The van der Waals surface area contributed by atoms with Crippen LogP contribution in [-0.2, 0) is 0 Å². The molecule has 10 nitrogen and oxygen atoms in total. The summed E-state index contributed by atoms with van der Waals surface area (Å²) in [6.07, 6.45) is 10.5. The quantitative estimate of drug-likeness (QED) is 0.187. The van der Waals surface area contributed by atoms with E-state index >= 15 is 0 Å². The summed E-state index contributed by atoms with van der Waals surface area (Å²) in [5.41, 5.74) is 6.77. The molecular weight excluding hydrogens is 546 g/mol. The number of nitrogens with one attached hydrogen (secondary N) is 3. The summed E-state index contributed by atoms with van der Waals surface area (Å²) in [5, 5.41) is 6.94. The van der Waals surface area contributed by atoms with Crippen LogP contribution in [0.3, 0.4) is 0 Å². The van der Waals surface area contributed by atoms with E-state index < -0.39 is 0 Å². The first-order chi connectivity index (χ1) is 20.5. The van der Waals surface area contributed by atoms with Crippen molar-refractivity contribution in [3.63, 3.8) is 0 Å². The fourth-order valence-corrected chi connectivity index (χ4v) is 6.18. The van der Waals surface area contributed by atoms with Gasteiger partial charge in [-0.25, -0.2) is 4.98 Å². The molecule has 42 heavy (non-hydrogen) atoms. The van der Waals surface area contributed by atoms with Crippen LogP contribution in [0.4, 0.5) is 28.8 Å². The van der Waals surface area contributed by atoms with Crippen LogP contribution in [0, 0.1) is 0 Å². The van der Waals surface area contributed by atoms with Crippen LogP contribution in [0.25, 0.3) is 17.1 Å². The lowest BCUT2D eigenvalue weighted by Crippen LogP contribution is -2.31. The number of likely N-dealkylation sites (N-methyl/N-ethyl adjacent to an activating group) is 1. The van der Waals surface area contributed by atoms with Crippen LogP contribution in [-0.4, -0.2) is 72.2 Å². The van der Waals surface area contributed by atoms with Crippen molar-refractivity contribution in [1.82, 2.24) is 29.6 Å². The number of benzene rings is 2. The average Bonchev–Trinajstić information content (AvgIpc) is 3.73. The molecule has 3 N–H and O–H groups in total. The lowest BCUT2D eigenvalue weighted by atomic mass is 10.1. The van der Waals surface area contributed by atoms with Crippen LogP contribution in [0.1, 0.15) is 36.3 Å². The maximum absolute atomic E-state index is 5.89. The van der Waals surface area contributed by atoms with Gasteiger partial charge in [-0.2, -0.15) is 4.98 Å². The van der Waals surface area contributed by atoms with Gasteiger partial charge in [0.15, 0.2) is 0 Å². The smallest absolute Gasteiger partial charge is 0.229 e. The summed E-state index contributed by atoms with van der Waals surface area (Å²) in [7, 11) is 7.92. The number of anilines is 5. The van der Waals surface area contributed by atoms with E-state index in [0.29, 0.717) is 23.7 Å². The van der Waals surface area contributed by atoms with Crippen LogP contribution in [0.2, 0.25) is 0 Å². The lowest BCUT2D eigenvalue weighted by Gasteiger charge is -2.26. The summed E-state index contributed by atoms with van der Waals surface area (Å²) in [4.78, 5) is 24.3. The van der Waals surface area contributed by atoms with Gasteiger partial charge >= 0.3 is 0 Å². The van der Waals surface area contributed by atoms with Gasteiger partial charge < -0.3 is 25.2 Å². The van der Waals surface area contributed by atoms with E-state index in [1.54, 1.807) is 31.8 Å². The molecule has 2 aliphatic rings. The summed E-state index contributed by atoms with van der Waals surface area (Å²) in [5.74, 6) is 2.45. The summed E-state index contributed by atoms with van der Waals surface area (Å²) in [6, 6.07) is 8.91. The Kier molecular flexibility index (Phi) is 8.14. The lowest BCUT2D eigenvalue weighted by molar-refractivity contribution is 0.315. The summed E-state index contributed by atoms with van der Waals surface area (Å²) in [6.45, 7) is 6.05. The normalized spacial score (nSPS) is 16.7. The Morgan fingerprint density at radius 3 is 2.62 bits per heavy atom. The molecule has 11 heteroatoms. The zero-order chi connectivity index (χ0) is 29.2. The minimum atomic E-state index is 0.466. The molecular formula is C31H37N9OS. The maximum atomic E-state index is 5.89. The van der Waals surface area contributed by atoms with Crippen molar-refractivity contribution < 1.29 is 4.74 Å². The Balaban J connectivity index is 1.32. The summed E-state index contributed by atoms with van der Waals surface area (Å²) < 4.78 is 9.06. The highest BCUT2D eigenvalue weighted by Gasteiger charge is 2.32. The number of aromatic nitrogens is 4. The molecule has 0 spiro atoms. The second kappa shape index (κ2) is 12.1. The fourth-order valence-electron chi connectivity index (χ4n) is 5.49. The molecule has 2 fully saturated rings. The molecule has 0 bridgehead atoms. The number of hydrogen-bond donors (Lipinski definition) is 3. The molecule has 3 heterocycles. The van der Waals surface area contributed by atoms with Gasteiger partial charge in [0.2, 0.25) is 5.95 Å². The van der Waals surface area contributed by atoms with Crippen molar-refractivity contribution in [1.29, 1.82) is 0 Å². The average molecular weight is 584 g/mol. The second-order valence-electron chi connectivity index (χ2n) is 10.9. The van der Waals surface area contributed by atoms with E-state index in [1.165, 1.54) is 36.0 Å². The van der Waals surface area contributed by atoms with E-state index in [0.717, 1.165) is 58.1 Å². The van der Waals surface area contributed by atoms with E-state index in [4.69, 9.17) is 9.72 Å². The van der Waals surface area contributed by atoms with E-state index in [2.05, 4.69) is 72.9 Å². The van der Waals surface area contributed by atoms with Crippen LogP contribution in [0.5, 0.6) is 5.75 Å². The third kappa shape index (κ3) is 5.72. The highest BCUT2D eigenvalue weighted by Crippen LogP contribution is 2.48. The highest BCUT2D eigenvalue weighted by atomic mass is 32.2. The first-order valence-corrected chi connectivity index (χ1v) is 15.0. The zero-order valence-corrected chi connectivity index (χ0v) is 25.3. The highest BCUT2D eigenvalue weighted by molar-refractivity contribution is 7.97. The van der Waals surface area contributed by atoms with Gasteiger partial charge in [0.05, 0.1) is 28.9 Å². The van der Waals surface area contributed by atoms with Gasteiger partial charge in [-0.1, -0.05) is 12.7 Å². The van der Waals surface area contributed by atoms with Gasteiger partial charge in [-0.05, 0) is 82.0 Å². The van der Waals surface area contributed by atoms with Crippen LogP contribution >= 0.6 is 11.9 Å². The number of hydrogen-bond acceptors (Lipinski definition) is 11. The van der Waals surface area contributed by atoms with E-state index in [-0.39, 0.29) is 0 Å². The molecule has 6 rings (SSSR count). The predicted molar refractivity (Wildman–Crippen MR) is 172 cm³/mol. The number of methoxy groups -OCH3 is 1. The van der Waals surface area contributed by atoms with Gasteiger partial charge in [0, 0.05) is 55.0 Å². The van der Waals surface area contributed by atoms with E-state index in [9.17, 15) is 0 Å². The van der Waals surface area contributed by atoms with Crippen molar-refractivity contribution in [3.8, 4) is 5.75 Å². The Labute approximate surface area is 251 Å². The minimum absolute atomic E-state index is 0.466. The van der Waals surface area contributed by atoms with Crippen molar-refractivity contribution in [2.45, 2.75) is 36.1 Å². The molecule has 1 aliphatic heterocycles. The van der Waals surface area contributed by atoms with Gasteiger partial charge in [0.25, 0.3) is 0 Å². The molecule has 0 radical (unpaired) electrons. The first-order valence-electron chi connectivity index (χ1n) is 14.2. The van der Waals surface area contributed by atoms with Crippen LogP contribution < -0.4 is 25.0 Å². The molecule has 1 aliphatic carbocycles. The fraction of sp³-hybridized carbons (Fsp3) is 0.355. The molecule has 218 valence electrons. The second-order valence-corrected chi connectivity index (χ2v) is 11.9. The number of fused-ring (bicyclic) bond motifs is 1. The molecule has 2 aromatic heterocycles. The van der Waals surface area contributed by atoms with Crippen molar-refractivity contribution >= 4 is 57.9 Å². The van der Waals surface area contributed by atoms with E-state index in [1.807, 2.05) is 19.2 Å². The molecule has 4 aromatic rings. The third-order valence-corrected chi connectivity index (χ3v) is 8.76. The molecule has 1 saturated heterocycles. The molecule has 1 unspecified atom stereocenters. The Hall–Kier alpha value is -3.93. The number of nitrogens with zero attached hydrogens (tertiary/aromatic N) is 6. The minimum Gasteiger partial charge on any atom is -0.494 e. The zero-order valence-electron chi connectivity index (χ0n) is 24.5. The molecule has 2 aromatic carbocycles. The SMILES string of the molecule is C=Cc1cnc(Nc2cc(C3CC3)c(N3CCC(N(C)C)C3)cc2OC)nc1Nc1ccc2nccnc2c1SNC. The Morgan fingerprint density at radius 1 is 1.07 bits per heavy atom.